The lowest BCUT2D eigenvalue weighted by Crippen LogP contribution is -2.24. The first-order valence-electron chi connectivity index (χ1n) is 8.03. The average molecular weight is 354 g/mol. The Morgan fingerprint density at radius 3 is 2.62 bits per heavy atom. The normalized spacial score (nSPS) is 10.4. The fourth-order valence-corrected chi connectivity index (χ4v) is 2.26. The molecule has 0 aliphatic heterocycles. The van der Waals surface area contributed by atoms with Crippen LogP contribution in [0.15, 0.2) is 60.2 Å². The number of hydrogen-bond acceptors (Lipinski definition) is 5. The quantitative estimate of drug-likeness (QED) is 0.427. The smallest absolute Gasteiger partial charge is 0.277 e. The number of methoxy groups -OCH3 is 2. The van der Waals surface area contributed by atoms with Crippen molar-refractivity contribution in [3.63, 3.8) is 0 Å². The second kappa shape index (κ2) is 9.88. The van der Waals surface area contributed by atoms with Crippen molar-refractivity contribution in [3.05, 3.63) is 66.2 Å². The molecule has 6 nitrogen and oxygen atoms in total. The SMILES string of the molecule is C=CCc1ccccc1OCC(=O)N/N=C\c1ccc(OC)c(OC)c1. The minimum Gasteiger partial charge on any atom is -0.493 e. The Kier molecular flexibility index (Phi) is 7.24. The number of benzene rings is 2. The molecule has 2 rings (SSSR count). The van der Waals surface area contributed by atoms with E-state index >= 15 is 0 Å². The maximum atomic E-state index is 11.9. The number of nitrogens with one attached hydrogen (secondary N) is 1. The van der Waals surface area contributed by atoms with E-state index in [0.29, 0.717) is 23.7 Å². The van der Waals surface area contributed by atoms with Gasteiger partial charge in [0.2, 0.25) is 0 Å². The molecule has 0 atom stereocenters. The number of hydrogen-bond donors (Lipinski definition) is 1. The summed E-state index contributed by atoms with van der Waals surface area (Å²) in [6.07, 6.45) is 3.98. The number of carbonyl (C=O) groups excluding carboxylic acids is 1. The highest BCUT2D eigenvalue weighted by Crippen LogP contribution is 2.26. The summed E-state index contributed by atoms with van der Waals surface area (Å²) < 4.78 is 15.9. The van der Waals surface area contributed by atoms with Gasteiger partial charge in [-0.25, -0.2) is 5.43 Å². The van der Waals surface area contributed by atoms with Gasteiger partial charge in [0.15, 0.2) is 18.1 Å². The summed E-state index contributed by atoms with van der Waals surface area (Å²) >= 11 is 0. The van der Waals surface area contributed by atoms with E-state index in [1.165, 1.54) is 6.21 Å². The van der Waals surface area contributed by atoms with Crippen LogP contribution in [-0.4, -0.2) is 32.9 Å². The standard InChI is InChI=1S/C20H22N2O4/c1-4-7-16-8-5-6-9-17(16)26-14-20(23)22-21-13-15-10-11-18(24-2)19(12-15)25-3/h4-6,8-13H,1,7,14H2,2-3H3,(H,22,23)/b21-13-. The topological polar surface area (TPSA) is 69.2 Å². The second-order valence-electron chi connectivity index (χ2n) is 5.30. The fraction of sp³-hybridized carbons (Fsp3) is 0.200. The lowest BCUT2D eigenvalue weighted by molar-refractivity contribution is -0.123. The molecule has 0 saturated carbocycles. The molecule has 0 bridgehead atoms. The monoisotopic (exact) mass is 354 g/mol. The van der Waals surface area contributed by atoms with Crippen LogP contribution in [0.3, 0.4) is 0 Å². The molecule has 0 aliphatic carbocycles. The Labute approximate surface area is 153 Å². The van der Waals surface area contributed by atoms with E-state index < -0.39 is 0 Å². The van der Waals surface area contributed by atoms with E-state index in [-0.39, 0.29) is 12.5 Å². The van der Waals surface area contributed by atoms with E-state index in [1.54, 1.807) is 38.5 Å². The molecule has 26 heavy (non-hydrogen) atoms. The first-order valence-corrected chi connectivity index (χ1v) is 8.03. The lowest BCUT2D eigenvalue weighted by Gasteiger charge is -2.09. The molecule has 0 radical (unpaired) electrons. The van der Waals surface area contributed by atoms with Crippen molar-refractivity contribution in [2.24, 2.45) is 5.10 Å². The van der Waals surface area contributed by atoms with Gasteiger partial charge in [-0.05, 0) is 41.8 Å². The second-order valence-corrected chi connectivity index (χ2v) is 5.30. The average Bonchev–Trinajstić information content (AvgIpc) is 2.67. The summed E-state index contributed by atoms with van der Waals surface area (Å²) in [6.45, 7) is 3.59. The third-order valence-electron chi connectivity index (χ3n) is 3.51. The van der Waals surface area contributed by atoms with Crippen LogP contribution in [0, 0.1) is 0 Å². The van der Waals surface area contributed by atoms with Gasteiger partial charge >= 0.3 is 0 Å². The van der Waals surface area contributed by atoms with Crippen molar-refractivity contribution in [2.75, 3.05) is 20.8 Å². The van der Waals surface area contributed by atoms with Crippen LogP contribution in [0.5, 0.6) is 17.2 Å². The first-order chi connectivity index (χ1) is 12.7. The number of allylic oxidation sites excluding steroid dienone is 1. The van der Waals surface area contributed by atoms with Gasteiger partial charge in [-0.3, -0.25) is 4.79 Å². The van der Waals surface area contributed by atoms with Crippen LogP contribution >= 0.6 is 0 Å². The zero-order valence-electron chi connectivity index (χ0n) is 14.9. The fourth-order valence-electron chi connectivity index (χ4n) is 2.26. The summed E-state index contributed by atoms with van der Waals surface area (Å²) in [5.74, 6) is 1.52. The lowest BCUT2D eigenvalue weighted by atomic mass is 10.1. The summed E-state index contributed by atoms with van der Waals surface area (Å²) in [5, 5.41) is 3.93. The van der Waals surface area contributed by atoms with Gasteiger partial charge in [0.1, 0.15) is 5.75 Å². The van der Waals surface area contributed by atoms with E-state index in [1.807, 2.05) is 24.3 Å². The maximum absolute atomic E-state index is 11.9. The third kappa shape index (κ3) is 5.37. The zero-order valence-corrected chi connectivity index (χ0v) is 14.9. The van der Waals surface area contributed by atoms with Crippen LogP contribution in [0.4, 0.5) is 0 Å². The van der Waals surface area contributed by atoms with Gasteiger partial charge in [-0.1, -0.05) is 24.3 Å². The number of amides is 1. The number of rotatable bonds is 9. The van der Waals surface area contributed by atoms with Crippen LogP contribution in [0.2, 0.25) is 0 Å². The molecule has 1 amide bonds. The van der Waals surface area contributed by atoms with Crippen molar-refractivity contribution < 1.29 is 19.0 Å². The molecule has 2 aromatic carbocycles. The first kappa shape index (κ1) is 19.1. The van der Waals surface area contributed by atoms with Gasteiger partial charge in [0, 0.05) is 0 Å². The van der Waals surface area contributed by atoms with E-state index in [9.17, 15) is 4.79 Å². The molecule has 0 unspecified atom stereocenters. The minimum absolute atomic E-state index is 0.128. The van der Waals surface area contributed by atoms with Gasteiger partial charge in [-0.15, -0.1) is 6.58 Å². The number of hydrazone groups is 1. The molecular formula is C20H22N2O4. The van der Waals surface area contributed by atoms with Crippen molar-refractivity contribution in [2.45, 2.75) is 6.42 Å². The molecule has 0 spiro atoms. The third-order valence-corrected chi connectivity index (χ3v) is 3.51. The summed E-state index contributed by atoms with van der Waals surface area (Å²) in [5.41, 5.74) is 4.17. The molecule has 6 heteroatoms. The van der Waals surface area contributed by atoms with E-state index in [4.69, 9.17) is 14.2 Å². The van der Waals surface area contributed by atoms with Crippen molar-refractivity contribution in [1.29, 1.82) is 0 Å². The molecule has 136 valence electrons. The molecule has 0 heterocycles. The molecule has 0 saturated heterocycles. The van der Waals surface area contributed by atoms with Crippen molar-refractivity contribution in [3.8, 4) is 17.2 Å². The minimum atomic E-state index is -0.352. The molecule has 1 N–H and O–H groups in total. The number of carbonyl (C=O) groups is 1. The van der Waals surface area contributed by atoms with E-state index in [2.05, 4.69) is 17.1 Å². The maximum Gasteiger partial charge on any atom is 0.277 e. The molecule has 0 aromatic heterocycles. The molecule has 2 aromatic rings. The highest BCUT2D eigenvalue weighted by atomic mass is 16.5. The van der Waals surface area contributed by atoms with Crippen LogP contribution in [-0.2, 0) is 11.2 Å². The van der Waals surface area contributed by atoms with E-state index in [0.717, 1.165) is 11.1 Å². The number of nitrogens with zero attached hydrogens (tertiary/aromatic N) is 1. The highest BCUT2D eigenvalue weighted by molar-refractivity contribution is 5.83. The van der Waals surface area contributed by atoms with Gasteiger partial charge in [0.25, 0.3) is 5.91 Å². The highest BCUT2D eigenvalue weighted by Gasteiger charge is 2.06. The predicted octanol–water partition coefficient (Wildman–Crippen LogP) is 2.96. The van der Waals surface area contributed by atoms with Gasteiger partial charge < -0.3 is 14.2 Å². The van der Waals surface area contributed by atoms with Gasteiger partial charge in [-0.2, -0.15) is 5.10 Å². The predicted molar refractivity (Wildman–Crippen MR) is 101 cm³/mol. The Bertz CT molecular complexity index is 787. The zero-order chi connectivity index (χ0) is 18.8. The summed E-state index contributed by atoms with van der Waals surface area (Å²) in [6, 6.07) is 12.9. The Morgan fingerprint density at radius 1 is 1.12 bits per heavy atom. The number of ether oxygens (including phenoxy) is 3. The summed E-state index contributed by atoms with van der Waals surface area (Å²) in [4.78, 5) is 11.9. The molecular weight excluding hydrogens is 332 g/mol. The largest absolute Gasteiger partial charge is 0.493 e. The molecule has 0 aliphatic rings. The van der Waals surface area contributed by atoms with Crippen LogP contribution in [0.25, 0.3) is 0 Å². The Morgan fingerprint density at radius 2 is 1.88 bits per heavy atom. The van der Waals surface area contributed by atoms with Crippen LogP contribution in [0.1, 0.15) is 11.1 Å². The van der Waals surface area contributed by atoms with Crippen molar-refractivity contribution >= 4 is 12.1 Å². The Hall–Kier alpha value is -3.28. The van der Waals surface area contributed by atoms with Crippen molar-refractivity contribution in [1.82, 2.24) is 5.43 Å². The van der Waals surface area contributed by atoms with Gasteiger partial charge in [0.05, 0.1) is 20.4 Å². The summed E-state index contributed by atoms with van der Waals surface area (Å²) in [7, 11) is 3.13. The Balaban J connectivity index is 1.89. The molecule has 0 fully saturated rings. The van der Waals surface area contributed by atoms with Crippen LogP contribution < -0.4 is 19.6 Å². The number of para-hydroxylation sites is 1.